The van der Waals surface area contributed by atoms with Crippen molar-refractivity contribution in [3.8, 4) is 22.3 Å². The van der Waals surface area contributed by atoms with E-state index in [1.165, 1.54) is 65.7 Å². The average molecular weight is 588 g/mol. The van der Waals surface area contributed by atoms with Crippen LogP contribution < -0.4 is 4.90 Å². The van der Waals surface area contributed by atoms with E-state index in [0.29, 0.717) is 0 Å². The molecule has 218 valence electrons. The Hall–Kier alpha value is -5.66. The van der Waals surface area contributed by atoms with Gasteiger partial charge < -0.3 is 4.90 Å². The van der Waals surface area contributed by atoms with Crippen molar-refractivity contribution < 1.29 is 0 Å². The van der Waals surface area contributed by atoms with Crippen molar-refractivity contribution in [2.45, 2.75) is 19.3 Å². The predicted octanol–water partition coefficient (Wildman–Crippen LogP) is 12.6. The van der Waals surface area contributed by atoms with Crippen LogP contribution in [0.15, 0.2) is 164 Å². The van der Waals surface area contributed by atoms with Crippen LogP contribution in [-0.2, 0) is 5.41 Å². The van der Waals surface area contributed by atoms with E-state index < -0.39 is 0 Å². The third-order valence-corrected chi connectivity index (χ3v) is 10.0. The van der Waals surface area contributed by atoms with Gasteiger partial charge in [-0.3, -0.25) is 0 Å². The summed E-state index contributed by atoms with van der Waals surface area (Å²) in [6, 6.07) is 60.0. The van der Waals surface area contributed by atoms with Gasteiger partial charge in [-0.2, -0.15) is 0 Å². The zero-order valence-electron chi connectivity index (χ0n) is 26.0. The van der Waals surface area contributed by atoms with Gasteiger partial charge in [-0.1, -0.05) is 129 Å². The van der Waals surface area contributed by atoms with E-state index >= 15 is 0 Å². The van der Waals surface area contributed by atoms with E-state index in [2.05, 4.69) is 183 Å². The maximum absolute atomic E-state index is 2.48. The lowest BCUT2D eigenvalue weighted by atomic mass is 9.81. The molecule has 1 aliphatic rings. The number of anilines is 3. The molecule has 8 aromatic carbocycles. The first-order valence-corrected chi connectivity index (χ1v) is 16.1. The Kier molecular flexibility index (Phi) is 5.92. The number of hydrogen-bond acceptors (Lipinski definition) is 1. The number of rotatable bonds is 4. The van der Waals surface area contributed by atoms with Crippen molar-refractivity contribution in [1.82, 2.24) is 0 Å². The van der Waals surface area contributed by atoms with Gasteiger partial charge in [0.15, 0.2) is 0 Å². The lowest BCUT2D eigenvalue weighted by Gasteiger charge is -2.26. The maximum atomic E-state index is 2.48. The molecule has 0 saturated heterocycles. The van der Waals surface area contributed by atoms with Crippen molar-refractivity contribution in [1.29, 1.82) is 0 Å². The minimum absolute atomic E-state index is 0.0354. The molecule has 1 heteroatoms. The molecule has 1 aliphatic carbocycles. The van der Waals surface area contributed by atoms with Crippen LogP contribution in [0.2, 0.25) is 0 Å². The fourth-order valence-electron chi connectivity index (χ4n) is 7.67. The first kappa shape index (κ1) is 26.7. The summed E-state index contributed by atoms with van der Waals surface area (Å²) in [5, 5.41) is 7.74. The second-order valence-electron chi connectivity index (χ2n) is 13.0. The highest BCUT2D eigenvalue weighted by Crippen LogP contribution is 2.50. The minimum Gasteiger partial charge on any atom is -0.310 e. The molecule has 0 aliphatic heterocycles. The highest BCUT2D eigenvalue weighted by Gasteiger charge is 2.35. The molecule has 8 aromatic rings. The highest BCUT2D eigenvalue weighted by atomic mass is 15.1. The lowest BCUT2D eigenvalue weighted by Crippen LogP contribution is -2.14. The largest absolute Gasteiger partial charge is 0.310 e. The van der Waals surface area contributed by atoms with Crippen LogP contribution in [-0.4, -0.2) is 0 Å². The Labute approximate surface area is 270 Å². The molecule has 9 rings (SSSR count). The van der Waals surface area contributed by atoms with Gasteiger partial charge in [0.25, 0.3) is 0 Å². The quantitative estimate of drug-likeness (QED) is 0.185. The molecule has 46 heavy (non-hydrogen) atoms. The topological polar surface area (TPSA) is 3.24 Å². The van der Waals surface area contributed by atoms with Crippen LogP contribution in [0.3, 0.4) is 0 Å². The summed E-state index contributed by atoms with van der Waals surface area (Å²) in [5.41, 5.74) is 11.4. The number of nitrogens with zero attached hydrogens (tertiary/aromatic N) is 1. The fraction of sp³-hybridized carbons (Fsp3) is 0.0667. The Morgan fingerprint density at radius 1 is 0.391 bits per heavy atom. The summed E-state index contributed by atoms with van der Waals surface area (Å²) >= 11 is 0. The van der Waals surface area contributed by atoms with Gasteiger partial charge in [-0.05, 0) is 114 Å². The first-order valence-electron chi connectivity index (χ1n) is 16.1. The summed E-state index contributed by atoms with van der Waals surface area (Å²) in [6.07, 6.45) is 0. The van der Waals surface area contributed by atoms with Gasteiger partial charge in [-0.15, -0.1) is 0 Å². The molecule has 0 unspecified atom stereocenters. The van der Waals surface area contributed by atoms with Gasteiger partial charge in [0.1, 0.15) is 0 Å². The van der Waals surface area contributed by atoms with Crippen molar-refractivity contribution >= 4 is 49.4 Å². The standard InChI is InChI=1S/C45H33N/c1-45(2)42-16-10-9-15-39(42)41-28-34-20-18-32-17-19-33-27-37(25-26-38(33)44(32)40(34)29-43(41)45)46(35-13-7-4-8-14-35)36-23-21-31(22-24-36)30-11-5-3-6-12-30/h3-29H,1-2H3. The second-order valence-corrected chi connectivity index (χ2v) is 13.0. The first-order chi connectivity index (χ1) is 22.6. The number of para-hydroxylation sites is 1. The Morgan fingerprint density at radius 3 is 1.74 bits per heavy atom. The minimum atomic E-state index is -0.0354. The van der Waals surface area contributed by atoms with Crippen molar-refractivity contribution in [3.05, 3.63) is 175 Å². The van der Waals surface area contributed by atoms with E-state index in [9.17, 15) is 0 Å². The lowest BCUT2D eigenvalue weighted by molar-refractivity contribution is 0.661. The van der Waals surface area contributed by atoms with E-state index in [1.54, 1.807) is 0 Å². The highest BCUT2D eigenvalue weighted by molar-refractivity contribution is 6.21. The Morgan fingerprint density at radius 2 is 0.978 bits per heavy atom. The SMILES string of the molecule is CC1(C)c2ccccc2-c2cc3ccc4ccc5cc(N(c6ccccc6)c6ccc(-c7ccccc7)cc6)ccc5c4c3cc21. The molecule has 0 saturated carbocycles. The van der Waals surface area contributed by atoms with Crippen LogP contribution in [0.1, 0.15) is 25.0 Å². The molecule has 0 amide bonds. The van der Waals surface area contributed by atoms with Crippen molar-refractivity contribution in [2.24, 2.45) is 0 Å². The molecule has 0 fully saturated rings. The zero-order valence-corrected chi connectivity index (χ0v) is 26.0. The summed E-state index contributed by atoms with van der Waals surface area (Å²) in [5.74, 6) is 0. The van der Waals surface area contributed by atoms with Gasteiger partial charge in [0, 0.05) is 22.5 Å². The summed E-state index contributed by atoms with van der Waals surface area (Å²) in [7, 11) is 0. The molecule has 0 spiro atoms. The molecule has 0 radical (unpaired) electrons. The monoisotopic (exact) mass is 587 g/mol. The third kappa shape index (κ3) is 4.09. The Balaban J connectivity index is 1.21. The van der Waals surface area contributed by atoms with Crippen molar-refractivity contribution in [3.63, 3.8) is 0 Å². The Bertz CT molecular complexity index is 2420. The molecule has 0 aromatic heterocycles. The van der Waals surface area contributed by atoms with Crippen LogP contribution in [0, 0.1) is 0 Å². The number of benzene rings is 8. The van der Waals surface area contributed by atoms with Crippen LogP contribution in [0.4, 0.5) is 17.1 Å². The summed E-state index contributed by atoms with van der Waals surface area (Å²) in [6.45, 7) is 4.73. The van der Waals surface area contributed by atoms with E-state index in [1.807, 2.05) is 0 Å². The number of hydrogen-bond donors (Lipinski definition) is 0. The van der Waals surface area contributed by atoms with Gasteiger partial charge in [0.2, 0.25) is 0 Å². The second kappa shape index (κ2) is 10.2. The molecular formula is C45H33N. The van der Waals surface area contributed by atoms with Gasteiger partial charge in [-0.25, -0.2) is 0 Å². The molecular weight excluding hydrogens is 555 g/mol. The van der Waals surface area contributed by atoms with Crippen LogP contribution in [0.5, 0.6) is 0 Å². The average Bonchev–Trinajstić information content (AvgIpc) is 3.33. The summed E-state index contributed by atoms with van der Waals surface area (Å²) in [4.78, 5) is 2.36. The zero-order chi connectivity index (χ0) is 30.8. The number of fused-ring (bicyclic) bond motifs is 8. The maximum Gasteiger partial charge on any atom is 0.0468 e. The molecule has 0 atom stereocenters. The fourth-order valence-corrected chi connectivity index (χ4v) is 7.67. The van der Waals surface area contributed by atoms with E-state index in [0.717, 1.165) is 17.1 Å². The van der Waals surface area contributed by atoms with Crippen LogP contribution in [0.25, 0.3) is 54.6 Å². The normalized spacial score (nSPS) is 13.2. The van der Waals surface area contributed by atoms with Crippen molar-refractivity contribution in [2.75, 3.05) is 4.90 Å². The molecule has 0 heterocycles. The third-order valence-electron chi connectivity index (χ3n) is 10.0. The smallest absolute Gasteiger partial charge is 0.0468 e. The molecule has 0 bridgehead atoms. The molecule has 0 N–H and O–H groups in total. The van der Waals surface area contributed by atoms with E-state index in [4.69, 9.17) is 0 Å². The van der Waals surface area contributed by atoms with Gasteiger partial charge >= 0.3 is 0 Å². The summed E-state index contributed by atoms with van der Waals surface area (Å²) < 4.78 is 0. The van der Waals surface area contributed by atoms with E-state index in [-0.39, 0.29) is 5.41 Å². The van der Waals surface area contributed by atoms with Crippen LogP contribution >= 0.6 is 0 Å². The predicted molar refractivity (Wildman–Crippen MR) is 197 cm³/mol. The molecule has 1 nitrogen and oxygen atoms in total. The van der Waals surface area contributed by atoms with Gasteiger partial charge in [0.05, 0.1) is 0 Å².